The fourth-order valence-electron chi connectivity index (χ4n) is 3.02. The van der Waals surface area contributed by atoms with Gasteiger partial charge in [-0.25, -0.2) is 0 Å². The van der Waals surface area contributed by atoms with Gasteiger partial charge in [-0.15, -0.1) is 0 Å². The van der Waals surface area contributed by atoms with Crippen LogP contribution in [-0.4, -0.2) is 0 Å². The molecule has 0 saturated heterocycles. The van der Waals surface area contributed by atoms with E-state index in [1.165, 1.54) is 44.1 Å². The molecule has 18 heavy (non-hydrogen) atoms. The second-order valence-electron chi connectivity index (χ2n) is 7.23. The summed E-state index contributed by atoms with van der Waals surface area (Å²) in [4.78, 5) is 0. The zero-order chi connectivity index (χ0) is 14.4. The van der Waals surface area contributed by atoms with Gasteiger partial charge in [0.05, 0.1) is 0 Å². The first-order valence-corrected chi connectivity index (χ1v) is 7.89. The Labute approximate surface area is 116 Å². The van der Waals surface area contributed by atoms with Gasteiger partial charge in [0.15, 0.2) is 0 Å². The maximum atomic E-state index is 4.43. The first-order valence-electron chi connectivity index (χ1n) is 7.89. The largest absolute Gasteiger partial charge is 0.0993 e. The Morgan fingerprint density at radius 2 is 1.61 bits per heavy atom. The highest BCUT2D eigenvalue weighted by atomic mass is 14.4. The van der Waals surface area contributed by atoms with Crippen LogP contribution < -0.4 is 0 Å². The second kappa shape index (κ2) is 7.36. The lowest BCUT2D eigenvalue weighted by Crippen LogP contribution is -2.36. The average molecular weight is 252 g/mol. The first-order chi connectivity index (χ1) is 8.21. The van der Waals surface area contributed by atoms with Crippen molar-refractivity contribution in [1.82, 2.24) is 0 Å². The molecule has 0 saturated carbocycles. The molecule has 1 atom stereocenters. The lowest BCUT2D eigenvalue weighted by atomic mass is 9.58. The van der Waals surface area contributed by atoms with Crippen molar-refractivity contribution in [3.8, 4) is 0 Å². The Hall–Kier alpha value is -0.260. The van der Waals surface area contributed by atoms with Gasteiger partial charge in [-0.05, 0) is 36.0 Å². The molecule has 0 aliphatic carbocycles. The molecular formula is C18H36. The van der Waals surface area contributed by atoms with Crippen molar-refractivity contribution in [1.29, 1.82) is 0 Å². The molecule has 0 aromatic heterocycles. The molecule has 0 aliphatic rings. The van der Waals surface area contributed by atoms with E-state index in [1.54, 1.807) is 0 Å². The van der Waals surface area contributed by atoms with Crippen LogP contribution in [0.4, 0.5) is 0 Å². The molecule has 108 valence electrons. The van der Waals surface area contributed by atoms with Crippen LogP contribution in [0.2, 0.25) is 0 Å². The fourth-order valence-corrected chi connectivity index (χ4v) is 3.02. The molecule has 0 amide bonds. The normalized spacial score (nSPS) is 15.8. The molecule has 0 aromatic carbocycles. The number of allylic oxidation sites excluding steroid dienone is 1. The Morgan fingerprint density at radius 1 is 1.06 bits per heavy atom. The zero-order valence-electron chi connectivity index (χ0n) is 14.0. The molecule has 0 heterocycles. The van der Waals surface area contributed by atoms with Crippen molar-refractivity contribution in [2.24, 2.45) is 16.7 Å². The highest BCUT2D eigenvalue weighted by Crippen LogP contribution is 2.51. The van der Waals surface area contributed by atoms with Crippen molar-refractivity contribution in [2.45, 2.75) is 87.0 Å². The minimum Gasteiger partial charge on any atom is -0.0993 e. The van der Waals surface area contributed by atoms with Crippen molar-refractivity contribution in [2.75, 3.05) is 0 Å². The summed E-state index contributed by atoms with van der Waals surface area (Å²) in [5, 5.41) is 0. The molecule has 0 aliphatic heterocycles. The molecular weight excluding hydrogens is 216 g/mol. The lowest BCUT2D eigenvalue weighted by Gasteiger charge is -2.46. The van der Waals surface area contributed by atoms with Crippen LogP contribution in [0.3, 0.4) is 0 Å². The van der Waals surface area contributed by atoms with Gasteiger partial charge >= 0.3 is 0 Å². The van der Waals surface area contributed by atoms with E-state index >= 15 is 0 Å². The Morgan fingerprint density at radius 3 is 2.00 bits per heavy atom. The van der Waals surface area contributed by atoms with Gasteiger partial charge in [-0.3, -0.25) is 0 Å². The van der Waals surface area contributed by atoms with Crippen molar-refractivity contribution < 1.29 is 0 Å². The first kappa shape index (κ1) is 17.7. The minimum atomic E-state index is 0.283. The van der Waals surface area contributed by atoms with Crippen LogP contribution >= 0.6 is 0 Å². The molecule has 1 unspecified atom stereocenters. The summed E-state index contributed by atoms with van der Waals surface area (Å²) in [7, 11) is 0. The van der Waals surface area contributed by atoms with Crippen LogP contribution in [0.1, 0.15) is 87.0 Å². The summed E-state index contributed by atoms with van der Waals surface area (Å²) >= 11 is 0. The van der Waals surface area contributed by atoms with Crippen LogP contribution in [0.15, 0.2) is 12.2 Å². The predicted octanol–water partition coefficient (Wildman–Crippen LogP) is 6.61. The van der Waals surface area contributed by atoms with Gasteiger partial charge in [0.2, 0.25) is 0 Å². The van der Waals surface area contributed by atoms with Gasteiger partial charge in [0, 0.05) is 0 Å². The van der Waals surface area contributed by atoms with Crippen LogP contribution in [-0.2, 0) is 0 Å². The standard InChI is InChI=1S/C18H36/c1-9-11-12-13-17(6,7)18(8,10-2)16(5)14-15(3)4/h15H,5,9-14H2,1-4,6-8H3. The number of hydrogen-bond acceptors (Lipinski definition) is 0. The fraction of sp³-hybridized carbons (Fsp3) is 0.889. The third kappa shape index (κ3) is 4.44. The highest BCUT2D eigenvalue weighted by molar-refractivity contribution is 5.14. The maximum absolute atomic E-state index is 4.43. The van der Waals surface area contributed by atoms with Crippen LogP contribution in [0.5, 0.6) is 0 Å². The molecule has 0 spiro atoms. The van der Waals surface area contributed by atoms with Crippen molar-refractivity contribution in [3.63, 3.8) is 0 Å². The molecule has 0 bridgehead atoms. The Kier molecular flexibility index (Phi) is 7.25. The molecule has 0 heteroatoms. The third-order valence-electron chi connectivity index (χ3n) is 5.04. The van der Waals surface area contributed by atoms with Gasteiger partial charge in [-0.1, -0.05) is 79.9 Å². The second-order valence-corrected chi connectivity index (χ2v) is 7.23. The van der Waals surface area contributed by atoms with Gasteiger partial charge in [0.1, 0.15) is 0 Å². The van der Waals surface area contributed by atoms with E-state index in [4.69, 9.17) is 0 Å². The number of rotatable bonds is 9. The van der Waals surface area contributed by atoms with E-state index in [0.717, 1.165) is 5.92 Å². The van der Waals surface area contributed by atoms with Crippen LogP contribution in [0, 0.1) is 16.7 Å². The molecule has 0 nitrogen and oxygen atoms in total. The van der Waals surface area contributed by atoms with Crippen molar-refractivity contribution in [3.05, 3.63) is 12.2 Å². The number of hydrogen-bond donors (Lipinski definition) is 0. The molecule has 0 fully saturated rings. The number of unbranched alkanes of at least 4 members (excludes halogenated alkanes) is 2. The highest BCUT2D eigenvalue weighted by Gasteiger charge is 2.40. The minimum absolute atomic E-state index is 0.283. The summed E-state index contributed by atoms with van der Waals surface area (Å²) in [5.74, 6) is 0.717. The lowest BCUT2D eigenvalue weighted by molar-refractivity contribution is 0.103. The van der Waals surface area contributed by atoms with E-state index in [0.29, 0.717) is 5.41 Å². The Bertz CT molecular complexity index is 247. The van der Waals surface area contributed by atoms with Gasteiger partial charge in [0.25, 0.3) is 0 Å². The summed E-state index contributed by atoms with van der Waals surface area (Å²) in [6.07, 6.45) is 7.72. The van der Waals surface area contributed by atoms with E-state index in [1.807, 2.05) is 0 Å². The summed E-state index contributed by atoms with van der Waals surface area (Å²) in [6.45, 7) is 21.0. The quantitative estimate of drug-likeness (QED) is 0.320. The maximum Gasteiger partial charge on any atom is -0.00705 e. The topological polar surface area (TPSA) is 0 Å². The molecule has 0 radical (unpaired) electrons. The van der Waals surface area contributed by atoms with E-state index in [9.17, 15) is 0 Å². The molecule has 0 rings (SSSR count). The smallest absolute Gasteiger partial charge is 0.00705 e. The SMILES string of the molecule is C=C(CC(C)C)C(C)(CC)C(C)(C)CCCCC. The summed E-state index contributed by atoms with van der Waals surface area (Å²) in [5.41, 5.74) is 2.11. The summed E-state index contributed by atoms with van der Waals surface area (Å²) < 4.78 is 0. The van der Waals surface area contributed by atoms with Gasteiger partial charge in [-0.2, -0.15) is 0 Å². The van der Waals surface area contributed by atoms with E-state index < -0.39 is 0 Å². The average Bonchev–Trinajstić information content (AvgIpc) is 2.26. The Balaban J connectivity index is 4.83. The predicted molar refractivity (Wildman–Crippen MR) is 84.9 cm³/mol. The summed E-state index contributed by atoms with van der Waals surface area (Å²) in [6, 6.07) is 0. The monoisotopic (exact) mass is 252 g/mol. The van der Waals surface area contributed by atoms with E-state index in [2.05, 4.69) is 55.0 Å². The van der Waals surface area contributed by atoms with Crippen LogP contribution in [0.25, 0.3) is 0 Å². The van der Waals surface area contributed by atoms with E-state index in [-0.39, 0.29) is 5.41 Å². The van der Waals surface area contributed by atoms with Gasteiger partial charge < -0.3 is 0 Å². The van der Waals surface area contributed by atoms with Crippen molar-refractivity contribution >= 4 is 0 Å². The molecule has 0 aromatic rings. The molecule has 0 N–H and O–H groups in total. The zero-order valence-corrected chi connectivity index (χ0v) is 14.0. The third-order valence-corrected chi connectivity index (χ3v) is 5.04.